The maximum atomic E-state index is 12.0. The highest BCUT2D eigenvalue weighted by atomic mass is 16.2. The molecule has 1 heterocycles. The highest BCUT2D eigenvalue weighted by Gasteiger charge is 2.41. The quantitative estimate of drug-likeness (QED) is 0.747. The summed E-state index contributed by atoms with van der Waals surface area (Å²) in [5.41, 5.74) is 0. The molecular formula is C12H22N2O. The van der Waals surface area contributed by atoms with E-state index in [1.807, 2.05) is 7.05 Å². The Bertz CT molecular complexity index is 242. The van der Waals surface area contributed by atoms with E-state index in [-0.39, 0.29) is 0 Å². The Labute approximate surface area is 92.2 Å². The highest BCUT2D eigenvalue weighted by Crippen LogP contribution is 2.39. The smallest absolute Gasteiger partial charge is 0.237 e. The number of fused-ring (bicyclic) bond motifs is 1. The molecule has 0 aromatic rings. The van der Waals surface area contributed by atoms with Crippen molar-refractivity contribution in [1.29, 1.82) is 0 Å². The van der Waals surface area contributed by atoms with Gasteiger partial charge in [0.1, 0.15) is 0 Å². The summed E-state index contributed by atoms with van der Waals surface area (Å²) in [6.45, 7) is 2.69. The summed E-state index contributed by atoms with van der Waals surface area (Å²) in [7, 11) is 1.84. The number of hydrogen-bond acceptors (Lipinski definition) is 2. The van der Waals surface area contributed by atoms with Crippen LogP contribution >= 0.6 is 0 Å². The van der Waals surface area contributed by atoms with E-state index < -0.39 is 0 Å². The van der Waals surface area contributed by atoms with E-state index >= 15 is 0 Å². The molecule has 2 rings (SSSR count). The first-order chi connectivity index (χ1) is 7.24. The summed E-state index contributed by atoms with van der Waals surface area (Å²) >= 11 is 0. The van der Waals surface area contributed by atoms with E-state index in [4.69, 9.17) is 0 Å². The van der Waals surface area contributed by atoms with Crippen molar-refractivity contribution in [3.63, 3.8) is 0 Å². The molecule has 3 heteroatoms. The molecule has 1 aliphatic carbocycles. The van der Waals surface area contributed by atoms with Crippen LogP contribution in [0.4, 0.5) is 0 Å². The summed E-state index contributed by atoms with van der Waals surface area (Å²) in [6, 6.07) is 1.01. The molecule has 1 amide bonds. The van der Waals surface area contributed by atoms with E-state index in [9.17, 15) is 4.79 Å². The minimum atomic E-state index is 0.291. The van der Waals surface area contributed by atoms with Crippen molar-refractivity contribution < 1.29 is 4.79 Å². The van der Waals surface area contributed by atoms with E-state index in [1.165, 1.54) is 32.1 Å². The third-order valence-electron chi connectivity index (χ3n) is 3.96. The van der Waals surface area contributed by atoms with Gasteiger partial charge >= 0.3 is 0 Å². The molecule has 0 aromatic carbocycles. The van der Waals surface area contributed by atoms with Crippen LogP contribution in [-0.2, 0) is 4.79 Å². The van der Waals surface area contributed by atoms with Gasteiger partial charge in [0.05, 0.1) is 6.54 Å². The molecule has 1 aliphatic heterocycles. The lowest BCUT2D eigenvalue weighted by molar-refractivity contribution is -0.133. The first kappa shape index (κ1) is 10.9. The molecule has 2 fully saturated rings. The number of hydrogen-bond donors (Lipinski definition) is 1. The SMILES string of the molecule is CNCC(=O)N1C(C)CC2CCCCC21. The highest BCUT2D eigenvalue weighted by molar-refractivity contribution is 5.79. The number of carbonyl (C=O) groups excluding carboxylic acids is 1. The van der Waals surface area contributed by atoms with Crippen LogP contribution in [0.15, 0.2) is 0 Å². The molecule has 3 unspecified atom stereocenters. The largest absolute Gasteiger partial charge is 0.336 e. The molecule has 1 N–H and O–H groups in total. The summed E-state index contributed by atoms with van der Waals surface area (Å²) in [4.78, 5) is 14.1. The van der Waals surface area contributed by atoms with E-state index in [1.54, 1.807) is 0 Å². The molecule has 0 bridgehead atoms. The minimum Gasteiger partial charge on any atom is -0.336 e. The molecule has 0 spiro atoms. The standard InChI is InChI=1S/C12H22N2O/c1-9-7-10-5-3-4-6-11(10)14(9)12(15)8-13-2/h9-11,13H,3-8H2,1-2H3. The monoisotopic (exact) mass is 210 g/mol. The number of amides is 1. The lowest BCUT2D eigenvalue weighted by Gasteiger charge is -2.33. The van der Waals surface area contributed by atoms with Gasteiger partial charge in [0.2, 0.25) is 5.91 Å². The van der Waals surface area contributed by atoms with Gasteiger partial charge < -0.3 is 10.2 Å². The number of likely N-dealkylation sites (tertiary alicyclic amines) is 1. The summed E-state index contributed by atoms with van der Waals surface area (Å²) in [6.07, 6.45) is 6.45. The molecule has 86 valence electrons. The van der Waals surface area contributed by atoms with Crippen molar-refractivity contribution in [2.75, 3.05) is 13.6 Å². The van der Waals surface area contributed by atoms with Gasteiger partial charge in [0.15, 0.2) is 0 Å². The van der Waals surface area contributed by atoms with Gasteiger partial charge in [-0.2, -0.15) is 0 Å². The van der Waals surface area contributed by atoms with Gasteiger partial charge in [0, 0.05) is 12.1 Å². The topological polar surface area (TPSA) is 32.3 Å². The number of rotatable bonds is 2. The van der Waals surface area contributed by atoms with Crippen LogP contribution in [0.25, 0.3) is 0 Å². The van der Waals surface area contributed by atoms with Gasteiger partial charge in [-0.15, -0.1) is 0 Å². The predicted octanol–water partition coefficient (Wildman–Crippen LogP) is 1.39. The van der Waals surface area contributed by atoms with Crippen molar-refractivity contribution in [1.82, 2.24) is 10.2 Å². The second kappa shape index (κ2) is 4.52. The van der Waals surface area contributed by atoms with Crippen LogP contribution in [0.5, 0.6) is 0 Å². The lowest BCUT2D eigenvalue weighted by atomic mass is 9.85. The fourth-order valence-electron chi connectivity index (χ4n) is 3.38. The first-order valence-electron chi connectivity index (χ1n) is 6.19. The average Bonchev–Trinajstić information content (AvgIpc) is 2.54. The third-order valence-corrected chi connectivity index (χ3v) is 3.96. The van der Waals surface area contributed by atoms with Crippen LogP contribution in [0.2, 0.25) is 0 Å². The Balaban J connectivity index is 2.05. The van der Waals surface area contributed by atoms with Crippen molar-refractivity contribution in [2.24, 2.45) is 5.92 Å². The van der Waals surface area contributed by atoms with Crippen molar-refractivity contribution in [3.8, 4) is 0 Å². The van der Waals surface area contributed by atoms with Gasteiger partial charge in [-0.25, -0.2) is 0 Å². The minimum absolute atomic E-state index is 0.291. The predicted molar refractivity (Wildman–Crippen MR) is 60.6 cm³/mol. The summed E-state index contributed by atoms with van der Waals surface area (Å²) < 4.78 is 0. The number of likely N-dealkylation sites (N-methyl/N-ethyl adjacent to an activating group) is 1. The molecule has 1 saturated heterocycles. The number of carbonyl (C=O) groups is 1. The maximum Gasteiger partial charge on any atom is 0.237 e. The van der Waals surface area contributed by atoms with Gasteiger partial charge in [0.25, 0.3) is 0 Å². The second-order valence-electron chi connectivity index (χ2n) is 5.03. The van der Waals surface area contributed by atoms with Gasteiger partial charge in [-0.05, 0) is 39.2 Å². The van der Waals surface area contributed by atoms with Gasteiger partial charge in [-0.1, -0.05) is 12.8 Å². The van der Waals surface area contributed by atoms with Gasteiger partial charge in [-0.3, -0.25) is 4.79 Å². The maximum absolute atomic E-state index is 12.0. The number of nitrogens with one attached hydrogen (secondary N) is 1. The summed E-state index contributed by atoms with van der Waals surface area (Å²) in [5, 5.41) is 2.97. The Morgan fingerprint density at radius 1 is 1.40 bits per heavy atom. The lowest BCUT2D eigenvalue weighted by Crippen LogP contribution is -2.45. The fourth-order valence-corrected chi connectivity index (χ4v) is 3.38. The normalized spacial score (nSPS) is 35.3. The zero-order chi connectivity index (χ0) is 10.8. The summed E-state index contributed by atoms with van der Waals surface area (Å²) in [5.74, 6) is 1.08. The van der Waals surface area contributed by atoms with E-state index in [0.29, 0.717) is 24.5 Å². The molecule has 2 aliphatic rings. The Hall–Kier alpha value is -0.570. The zero-order valence-corrected chi connectivity index (χ0v) is 9.83. The first-order valence-corrected chi connectivity index (χ1v) is 6.19. The van der Waals surface area contributed by atoms with Crippen LogP contribution in [0, 0.1) is 5.92 Å². The molecule has 0 radical (unpaired) electrons. The van der Waals surface area contributed by atoms with Crippen LogP contribution in [-0.4, -0.2) is 36.5 Å². The number of nitrogens with zero attached hydrogens (tertiary/aromatic N) is 1. The van der Waals surface area contributed by atoms with E-state index in [0.717, 1.165) is 5.92 Å². The molecule has 0 aromatic heterocycles. The van der Waals surface area contributed by atoms with Crippen LogP contribution in [0.3, 0.4) is 0 Å². The fraction of sp³-hybridized carbons (Fsp3) is 0.917. The van der Waals surface area contributed by atoms with E-state index in [2.05, 4.69) is 17.1 Å². The molecule has 3 nitrogen and oxygen atoms in total. The Morgan fingerprint density at radius 3 is 2.87 bits per heavy atom. The third kappa shape index (κ3) is 2.03. The Kier molecular flexibility index (Phi) is 3.29. The molecule has 3 atom stereocenters. The van der Waals surface area contributed by atoms with Crippen molar-refractivity contribution >= 4 is 5.91 Å². The Morgan fingerprint density at radius 2 is 2.13 bits per heavy atom. The zero-order valence-electron chi connectivity index (χ0n) is 9.83. The average molecular weight is 210 g/mol. The molecule has 15 heavy (non-hydrogen) atoms. The second-order valence-corrected chi connectivity index (χ2v) is 5.03. The van der Waals surface area contributed by atoms with Crippen molar-refractivity contribution in [2.45, 2.75) is 51.1 Å². The molecule has 1 saturated carbocycles. The van der Waals surface area contributed by atoms with Crippen molar-refractivity contribution in [3.05, 3.63) is 0 Å². The molecular weight excluding hydrogens is 188 g/mol. The van der Waals surface area contributed by atoms with Crippen LogP contribution < -0.4 is 5.32 Å². The van der Waals surface area contributed by atoms with Crippen LogP contribution in [0.1, 0.15) is 39.0 Å².